The van der Waals surface area contributed by atoms with Gasteiger partial charge in [0.05, 0.1) is 11.3 Å². The van der Waals surface area contributed by atoms with E-state index >= 15 is 0 Å². The molecule has 0 radical (unpaired) electrons. The first-order chi connectivity index (χ1) is 8.04. The molecule has 0 spiro atoms. The number of nitrogens with one attached hydrogen (secondary N) is 1. The number of unbranched alkanes of at least 4 members (excludes halogenated alkanes) is 1. The number of hydrogen-bond donors (Lipinski definition) is 2. The summed E-state index contributed by atoms with van der Waals surface area (Å²) in [7, 11) is 0. The van der Waals surface area contributed by atoms with E-state index in [4.69, 9.17) is 5.11 Å². The first kappa shape index (κ1) is 13.2. The Kier molecular flexibility index (Phi) is 4.63. The van der Waals surface area contributed by atoms with Crippen LogP contribution in [0.4, 0.5) is 10.1 Å². The molecule has 0 saturated heterocycles. The number of carbonyl (C=O) groups is 2. The maximum atomic E-state index is 13.3. The second kappa shape index (κ2) is 5.98. The van der Waals surface area contributed by atoms with E-state index < -0.39 is 11.8 Å². The number of rotatable bonds is 5. The molecule has 0 aliphatic rings. The van der Waals surface area contributed by atoms with Crippen LogP contribution in [0.1, 0.15) is 36.5 Å². The number of aromatic carboxylic acids is 1. The van der Waals surface area contributed by atoms with E-state index in [9.17, 15) is 14.0 Å². The average Bonchev–Trinajstić information content (AvgIpc) is 2.29. The summed E-state index contributed by atoms with van der Waals surface area (Å²) < 4.78 is 13.3. The van der Waals surface area contributed by atoms with Crippen molar-refractivity contribution in [2.75, 3.05) is 5.32 Å². The number of hydrogen-bond acceptors (Lipinski definition) is 2. The van der Waals surface area contributed by atoms with Crippen LogP contribution in [0.15, 0.2) is 18.2 Å². The van der Waals surface area contributed by atoms with E-state index in [-0.39, 0.29) is 17.2 Å². The zero-order chi connectivity index (χ0) is 12.8. The lowest BCUT2D eigenvalue weighted by Crippen LogP contribution is -2.13. The number of halogens is 1. The van der Waals surface area contributed by atoms with Gasteiger partial charge in [-0.1, -0.05) is 13.3 Å². The van der Waals surface area contributed by atoms with E-state index in [1.807, 2.05) is 6.92 Å². The molecule has 0 unspecified atom stereocenters. The monoisotopic (exact) mass is 239 g/mol. The Balaban J connectivity index is 2.79. The third-order valence-corrected chi connectivity index (χ3v) is 2.24. The Hall–Kier alpha value is -1.91. The van der Waals surface area contributed by atoms with Crippen LogP contribution in [-0.4, -0.2) is 17.0 Å². The number of carbonyl (C=O) groups excluding carboxylic acids is 1. The van der Waals surface area contributed by atoms with Gasteiger partial charge in [0.1, 0.15) is 5.82 Å². The Morgan fingerprint density at radius 2 is 2.12 bits per heavy atom. The third-order valence-electron chi connectivity index (χ3n) is 2.24. The minimum absolute atomic E-state index is 0.0582. The molecule has 17 heavy (non-hydrogen) atoms. The van der Waals surface area contributed by atoms with Crippen molar-refractivity contribution in [3.63, 3.8) is 0 Å². The largest absolute Gasteiger partial charge is 0.478 e. The molecular formula is C12H14FNO3. The smallest absolute Gasteiger partial charge is 0.335 e. The van der Waals surface area contributed by atoms with Crippen molar-refractivity contribution >= 4 is 17.6 Å². The molecule has 0 atom stereocenters. The van der Waals surface area contributed by atoms with Crippen LogP contribution in [0, 0.1) is 5.82 Å². The first-order valence-electron chi connectivity index (χ1n) is 5.37. The van der Waals surface area contributed by atoms with E-state index in [0.717, 1.165) is 24.6 Å². The average molecular weight is 239 g/mol. The second-order valence-corrected chi connectivity index (χ2v) is 3.65. The fourth-order valence-corrected chi connectivity index (χ4v) is 1.30. The first-order valence-corrected chi connectivity index (χ1v) is 5.37. The molecule has 4 nitrogen and oxygen atoms in total. The van der Waals surface area contributed by atoms with Crippen molar-refractivity contribution in [1.82, 2.24) is 0 Å². The van der Waals surface area contributed by atoms with Gasteiger partial charge in [0.25, 0.3) is 0 Å². The maximum Gasteiger partial charge on any atom is 0.335 e. The Morgan fingerprint density at radius 3 is 2.71 bits per heavy atom. The van der Waals surface area contributed by atoms with Gasteiger partial charge in [0.2, 0.25) is 5.91 Å². The van der Waals surface area contributed by atoms with Gasteiger partial charge in [-0.2, -0.15) is 0 Å². The molecule has 0 aliphatic heterocycles. The lowest BCUT2D eigenvalue weighted by Gasteiger charge is -2.06. The standard InChI is InChI=1S/C12H14FNO3/c1-2-3-4-11(15)14-10-7-8(12(16)17)5-6-9(10)13/h5-7H,2-4H2,1H3,(H,14,15)(H,16,17). The van der Waals surface area contributed by atoms with E-state index in [2.05, 4.69) is 5.32 Å². The van der Waals surface area contributed by atoms with Gasteiger partial charge in [-0.3, -0.25) is 4.79 Å². The molecule has 0 saturated carbocycles. The highest BCUT2D eigenvalue weighted by molar-refractivity contribution is 5.94. The van der Waals surface area contributed by atoms with Gasteiger partial charge in [0.15, 0.2) is 0 Å². The molecule has 1 aromatic carbocycles. The van der Waals surface area contributed by atoms with E-state index in [1.165, 1.54) is 0 Å². The van der Waals surface area contributed by atoms with Crippen LogP contribution >= 0.6 is 0 Å². The molecule has 0 fully saturated rings. The number of carboxylic acid groups (broad SMARTS) is 1. The summed E-state index contributed by atoms with van der Waals surface area (Å²) in [5, 5.41) is 11.1. The summed E-state index contributed by atoms with van der Waals surface area (Å²) in [5.41, 5.74) is -0.150. The molecule has 2 N–H and O–H groups in total. The maximum absolute atomic E-state index is 13.3. The molecule has 0 bridgehead atoms. The lowest BCUT2D eigenvalue weighted by atomic mass is 10.2. The van der Waals surface area contributed by atoms with Crippen molar-refractivity contribution in [1.29, 1.82) is 0 Å². The van der Waals surface area contributed by atoms with Gasteiger partial charge >= 0.3 is 5.97 Å². The Labute approximate surface area is 98.5 Å². The summed E-state index contributed by atoms with van der Waals surface area (Å²) in [6.45, 7) is 1.94. The van der Waals surface area contributed by atoms with Crippen molar-refractivity contribution in [3.8, 4) is 0 Å². The number of anilines is 1. The molecule has 0 aliphatic carbocycles. The van der Waals surface area contributed by atoms with E-state index in [1.54, 1.807) is 0 Å². The van der Waals surface area contributed by atoms with Gasteiger partial charge in [-0.15, -0.1) is 0 Å². The van der Waals surface area contributed by atoms with Crippen LogP contribution in [0.5, 0.6) is 0 Å². The van der Waals surface area contributed by atoms with Gasteiger partial charge in [-0.25, -0.2) is 9.18 Å². The molecule has 1 aromatic rings. The van der Waals surface area contributed by atoms with Crippen molar-refractivity contribution < 1.29 is 19.1 Å². The fraction of sp³-hybridized carbons (Fsp3) is 0.333. The molecule has 1 rings (SSSR count). The van der Waals surface area contributed by atoms with Crippen molar-refractivity contribution in [3.05, 3.63) is 29.6 Å². The number of amides is 1. The zero-order valence-corrected chi connectivity index (χ0v) is 9.50. The quantitative estimate of drug-likeness (QED) is 0.830. The zero-order valence-electron chi connectivity index (χ0n) is 9.50. The summed E-state index contributed by atoms with van der Waals surface area (Å²) >= 11 is 0. The van der Waals surface area contributed by atoms with Crippen LogP contribution < -0.4 is 5.32 Å². The number of carboxylic acids is 1. The van der Waals surface area contributed by atoms with E-state index in [0.29, 0.717) is 12.8 Å². The molecule has 5 heteroatoms. The van der Waals surface area contributed by atoms with Gasteiger partial charge < -0.3 is 10.4 Å². The number of benzene rings is 1. The van der Waals surface area contributed by atoms with Crippen LogP contribution in [0.25, 0.3) is 0 Å². The summed E-state index contributed by atoms with van der Waals surface area (Å²) in [6.07, 6.45) is 1.88. The predicted octanol–water partition coefficient (Wildman–Crippen LogP) is 2.65. The van der Waals surface area contributed by atoms with Crippen LogP contribution in [-0.2, 0) is 4.79 Å². The topological polar surface area (TPSA) is 66.4 Å². The molecule has 92 valence electrons. The lowest BCUT2D eigenvalue weighted by molar-refractivity contribution is -0.116. The summed E-state index contributed by atoms with van der Waals surface area (Å²) in [6, 6.07) is 3.29. The highest BCUT2D eigenvalue weighted by Crippen LogP contribution is 2.16. The molecule has 1 amide bonds. The summed E-state index contributed by atoms with van der Waals surface area (Å²) in [5.74, 6) is -2.11. The highest BCUT2D eigenvalue weighted by atomic mass is 19.1. The Morgan fingerprint density at radius 1 is 1.41 bits per heavy atom. The fourth-order valence-electron chi connectivity index (χ4n) is 1.30. The van der Waals surface area contributed by atoms with Crippen LogP contribution in [0.3, 0.4) is 0 Å². The van der Waals surface area contributed by atoms with Gasteiger partial charge in [-0.05, 0) is 24.6 Å². The summed E-state index contributed by atoms with van der Waals surface area (Å²) in [4.78, 5) is 22.1. The predicted molar refractivity (Wildman–Crippen MR) is 61.5 cm³/mol. The molecule has 0 aromatic heterocycles. The van der Waals surface area contributed by atoms with Gasteiger partial charge in [0, 0.05) is 6.42 Å². The normalized spacial score (nSPS) is 10.0. The molecule has 0 heterocycles. The minimum atomic E-state index is -1.16. The van der Waals surface area contributed by atoms with Crippen molar-refractivity contribution in [2.45, 2.75) is 26.2 Å². The van der Waals surface area contributed by atoms with Crippen molar-refractivity contribution in [2.24, 2.45) is 0 Å². The third kappa shape index (κ3) is 3.86. The highest BCUT2D eigenvalue weighted by Gasteiger charge is 2.10. The SMILES string of the molecule is CCCCC(=O)Nc1cc(C(=O)O)ccc1F. The van der Waals surface area contributed by atoms with Crippen LogP contribution in [0.2, 0.25) is 0 Å². The minimum Gasteiger partial charge on any atom is -0.478 e. The Bertz CT molecular complexity index is 432. The molecular weight excluding hydrogens is 225 g/mol. The second-order valence-electron chi connectivity index (χ2n) is 3.65.